The second kappa shape index (κ2) is 4.94. The number of esters is 1. The molecule has 0 unspecified atom stereocenters. The number of carbonyl (C=O) groups is 1. The highest BCUT2D eigenvalue weighted by Gasteiger charge is 2.21. The quantitative estimate of drug-likeness (QED) is 0.464. The summed E-state index contributed by atoms with van der Waals surface area (Å²) in [6.07, 6.45) is -0.134. The van der Waals surface area contributed by atoms with Crippen molar-refractivity contribution >= 4 is 23.3 Å². The van der Waals surface area contributed by atoms with Crippen molar-refractivity contribution in [2.75, 3.05) is 7.11 Å². The summed E-state index contributed by atoms with van der Waals surface area (Å²) in [5.41, 5.74) is 0.532. The summed E-state index contributed by atoms with van der Waals surface area (Å²) >= 11 is 5.78. The highest BCUT2D eigenvalue weighted by atomic mass is 35.5. The lowest BCUT2D eigenvalue weighted by molar-refractivity contribution is -0.386. The SMILES string of the molecule is COC(=O)Cc1ccc(Cl)c(C)c1[N+](=O)[O-]. The third-order valence-electron chi connectivity index (χ3n) is 2.19. The van der Waals surface area contributed by atoms with Crippen LogP contribution in [-0.2, 0) is 16.0 Å². The standard InChI is InChI=1S/C10H10ClNO4/c1-6-8(11)4-3-7(5-9(13)16-2)10(6)12(14)15/h3-4H,5H2,1-2H3. The number of rotatable bonds is 3. The van der Waals surface area contributed by atoms with E-state index in [0.717, 1.165) is 0 Å². The van der Waals surface area contributed by atoms with Crippen molar-refractivity contribution in [1.29, 1.82) is 0 Å². The van der Waals surface area contributed by atoms with Crippen LogP contribution >= 0.6 is 11.6 Å². The van der Waals surface area contributed by atoms with Gasteiger partial charge in [0.05, 0.1) is 23.5 Å². The van der Waals surface area contributed by atoms with Gasteiger partial charge in [-0.25, -0.2) is 0 Å². The first-order chi connectivity index (χ1) is 7.47. The van der Waals surface area contributed by atoms with Crippen molar-refractivity contribution in [3.8, 4) is 0 Å². The first-order valence-corrected chi connectivity index (χ1v) is 4.84. The second-order valence-electron chi connectivity index (χ2n) is 3.19. The molecule has 5 nitrogen and oxygen atoms in total. The smallest absolute Gasteiger partial charge is 0.310 e. The summed E-state index contributed by atoms with van der Waals surface area (Å²) in [5.74, 6) is -0.523. The maximum atomic E-state index is 11.1. The van der Waals surface area contributed by atoms with E-state index >= 15 is 0 Å². The van der Waals surface area contributed by atoms with Gasteiger partial charge in [0.1, 0.15) is 0 Å². The van der Waals surface area contributed by atoms with Crippen LogP contribution in [0, 0.1) is 17.0 Å². The van der Waals surface area contributed by atoms with E-state index in [4.69, 9.17) is 11.6 Å². The highest BCUT2D eigenvalue weighted by molar-refractivity contribution is 6.31. The number of hydrogen-bond donors (Lipinski definition) is 0. The van der Waals surface area contributed by atoms with E-state index in [1.807, 2.05) is 0 Å². The first kappa shape index (κ1) is 12.4. The number of halogens is 1. The lowest BCUT2D eigenvalue weighted by atomic mass is 10.1. The fourth-order valence-electron chi connectivity index (χ4n) is 1.36. The average molecular weight is 244 g/mol. The van der Waals surface area contributed by atoms with E-state index in [1.54, 1.807) is 6.92 Å². The molecule has 1 aromatic carbocycles. The summed E-state index contributed by atoms with van der Waals surface area (Å²) in [6.45, 7) is 1.54. The normalized spacial score (nSPS) is 9.94. The van der Waals surface area contributed by atoms with Crippen LogP contribution in [0.1, 0.15) is 11.1 Å². The van der Waals surface area contributed by atoms with Crippen molar-refractivity contribution in [3.05, 3.63) is 38.4 Å². The van der Waals surface area contributed by atoms with Gasteiger partial charge < -0.3 is 4.74 Å². The Morgan fingerprint density at radius 2 is 2.19 bits per heavy atom. The van der Waals surface area contributed by atoms with E-state index in [2.05, 4.69) is 4.74 Å². The Morgan fingerprint density at radius 1 is 1.56 bits per heavy atom. The van der Waals surface area contributed by atoms with Crippen molar-refractivity contribution in [2.45, 2.75) is 13.3 Å². The number of benzene rings is 1. The average Bonchev–Trinajstić information content (AvgIpc) is 2.23. The summed E-state index contributed by atoms with van der Waals surface area (Å²) in [5, 5.41) is 11.2. The lowest BCUT2D eigenvalue weighted by Gasteiger charge is -2.05. The van der Waals surface area contributed by atoms with Crippen LogP contribution in [-0.4, -0.2) is 18.0 Å². The number of carbonyl (C=O) groups excluding carboxylic acids is 1. The van der Waals surface area contributed by atoms with Gasteiger partial charge in [0.25, 0.3) is 5.69 Å². The predicted molar refractivity (Wildman–Crippen MR) is 58.6 cm³/mol. The maximum absolute atomic E-state index is 11.1. The molecule has 0 N–H and O–H groups in total. The van der Waals surface area contributed by atoms with Gasteiger partial charge in [-0.1, -0.05) is 17.7 Å². The van der Waals surface area contributed by atoms with Gasteiger partial charge in [-0.05, 0) is 13.0 Å². The minimum absolute atomic E-state index is 0.127. The van der Waals surface area contributed by atoms with E-state index in [0.29, 0.717) is 16.1 Å². The molecule has 16 heavy (non-hydrogen) atoms. The molecule has 0 saturated carbocycles. The number of ether oxygens (including phenoxy) is 1. The Morgan fingerprint density at radius 3 is 2.69 bits per heavy atom. The summed E-state index contributed by atoms with van der Waals surface area (Å²) in [4.78, 5) is 21.4. The van der Waals surface area contributed by atoms with Gasteiger partial charge >= 0.3 is 5.97 Å². The molecule has 0 spiro atoms. The molecule has 0 aliphatic rings. The first-order valence-electron chi connectivity index (χ1n) is 4.46. The monoisotopic (exact) mass is 243 g/mol. The van der Waals surface area contributed by atoms with E-state index < -0.39 is 10.9 Å². The Balaban J connectivity index is 3.23. The van der Waals surface area contributed by atoms with Gasteiger partial charge in [-0.3, -0.25) is 14.9 Å². The summed E-state index contributed by atoms with van der Waals surface area (Å²) < 4.78 is 4.46. The molecule has 0 heterocycles. The van der Waals surface area contributed by atoms with Gasteiger partial charge in [0.2, 0.25) is 0 Å². The molecule has 0 aliphatic carbocycles. The zero-order valence-electron chi connectivity index (χ0n) is 8.82. The maximum Gasteiger partial charge on any atom is 0.310 e. The second-order valence-corrected chi connectivity index (χ2v) is 3.60. The molecule has 0 amide bonds. The third kappa shape index (κ3) is 2.49. The van der Waals surface area contributed by atoms with Crippen molar-refractivity contribution in [2.24, 2.45) is 0 Å². The number of nitro groups is 1. The highest BCUT2D eigenvalue weighted by Crippen LogP contribution is 2.29. The van der Waals surface area contributed by atoms with Crippen molar-refractivity contribution in [3.63, 3.8) is 0 Å². The van der Waals surface area contributed by atoms with Crippen molar-refractivity contribution in [1.82, 2.24) is 0 Å². The van der Waals surface area contributed by atoms with Crippen LogP contribution < -0.4 is 0 Å². The zero-order valence-corrected chi connectivity index (χ0v) is 9.58. The Kier molecular flexibility index (Phi) is 3.84. The molecular weight excluding hydrogens is 234 g/mol. The van der Waals surface area contributed by atoms with Crippen LogP contribution in [0.15, 0.2) is 12.1 Å². The molecule has 0 aromatic heterocycles. The van der Waals surface area contributed by atoms with Crippen LogP contribution in [0.2, 0.25) is 5.02 Å². The van der Waals surface area contributed by atoms with E-state index in [1.165, 1.54) is 19.2 Å². The Bertz CT molecular complexity index is 445. The molecule has 0 saturated heterocycles. The third-order valence-corrected chi connectivity index (χ3v) is 2.60. The topological polar surface area (TPSA) is 69.4 Å². The van der Waals surface area contributed by atoms with Gasteiger partial charge in [-0.15, -0.1) is 0 Å². The fraction of sp³-hybridized carbons (Fsp3) is 0.300. The molecular formula is C10H10ClNO4. The summed E-state index contributed by atoms with van der Waals surface area (Å²) in [6, 6.07) is 2.99. The molecule has 1 rings (SSSR count). The van der Waals surface area contributed by atoms with Crippen LogP contribution in [0.5, 0.6) is 0 Å². The number of methoxy groups -OCH3 is 1. The molecule has 0 aliphatic heterocycles. The lowest BCUT2D eigenvalue weighted by Crippen LogP contribution is -2.07. The fourth-order valence-corrected chi connectivity index (χ4v) is 1.51. The molecule has 86 valence electrons. The van der Waals surface area contributed by atoms with Gasteiger partial charge in [0.15, 0.2) is 0 Å². The van der Waals surface area contributed by atoms with Gasteiger partial charge in [0, 0.05) is 11.1 Å². The van der Waals surface area contributed by atoms with E-state index in [-0.39, 0.29) is 12.1 Å². The van der Waals surface area contributed by atoms with Gasteiger partial charge in [-0.2, -0.15) is 0 Å². The minimum atomic E-state index is -0.542. The Hall–Kier alpha value is -1.62. The number of nitrogens with zero attached hydrogens (tertiary/aromatic N) is 1. The number of nitro benzene ring substituents is 1. The zero-order chi connectivity index (χ0) is 12.3. The molecule has 0 atom stereocenters. The predicted octanol–water partition coefficient (Wildman–Crippen LogP) is 2.27. The number of hydrogen-bond acceptors (Lipinski definition) is 4. The largest absolute Gasteiger partial charge is 0.469 e. The molecule has 6 heteroatoms. The Labute approximate surface area is 97.1 Å². The van der Waals surface area contributed by atoms with Crippen LogP contribution in [0.25, 0.3) is 0 Å². The summed E-state index contributed by atoms with van der Waals surface area (Å²) in [7, 11) is 1.23. The molecule has 0 fully saturated rings. The van der Waals surface area contributed by atoms with Crippen LogP contribution in [0.4, 0.5) is 5.69 Å². The molecule has 0 radical (unpaired) electrons. The van der Waals surface area contributed by atoms with Crippen LogP contribution in [0.3, 0.4) is 0 Å². The van der Waals surface area contributed by atoms with E-state index in [9.17, 15) is 14.9 Å². The molecule has 0 bridgehead atoms. The minimum Gasteiger partial charge on any atom is -0.469 e. The molecule has 1 aromatic rings. The van der Waals surface area contributed by atoms with Crippen molar-refractivity contribution < 1.29 is 14.5 Å².